The molecule has 1 aromatic rings. The Balaban J connectivity index is -0.00000432. The smallest absolute Gasteiger partial charge is 0.651 e. The molecule has 0 bridgehead atoms. The van der Waals surface area contributed by atoms with Gasteiger partial charge in [0.1, 0.15) is 17.9 Å². The van der Waals surface area contributed by atoms with Gasteiger partial charge in [-0.25, -0.2) is 0 Å². The molecule has 1 aromatic carbocycles. The number of Topliss-reactive ketones (excluding diaryl/α,β-unsaturated/α-hetero) is 2. The molecule has 0 aliphatic rings. The Kier molecular flexibility index (Phi) is 27.7. The van der Waals surface area contributed by atoms with E-state index in [1.807, 2.05) is 0 Å². The van der Waals surface area contributed by atoms with E-state index >= 15 is 0 Å². The summed E-state index contributed by atoms with van der Waals surface area (Å²) in [5.41, 5.74) is 1.07. The Morgan fingerprint density at radius 1 is 0.921 bits per heavy atom. The molecular formula is C26H37N3O7Rb2. The third-order valence-electron chi connectivity index (χ3n) is 4.88. The number of rotatable bonds is 20. The van der Waals surface area contributed by atoms with Crippen molar-refractivity contribution in [3.05, 3.63) is 40.5 Å². The van der Waals surface area contributed by atoms with Crippen LogP contribution in [0, 0.1) is 0 Å². The van der Waals surface area contributed by atoms with Gasteiger partial charge in [-0.15, -0.1) is 12.2 Å². The average molecular weight is 675 g/mol. The summed E-state index contributed by atoms with van der Waals surface area (Å²) in [6.07, 6.45) is 4.51. The second-order valence-electron chi connectivity index (χ2n) is 8.30. The van der Waals surface area contributed by atoms with Crippen LogP contribution in [0.1, 0.15) is 65.3 Å². The molecular weight excluding hydrogens is 637 g/mol. The molecule has 38 heavy (non-hydrogen) atoms. The Hall–Kier alpha value is 0.210. The minimum atomic E-state index is -0.625. The summed E-state index contributed by atoms with van der Waals surface area (Å²) in [6, 6.07) is 6.44. The molecule has 0 aliphatic carbocycles. The van der Waals surface area contributed by atoms with Gasteiger partial charge in [0, 0.05) is 46.9 Å². The number of ether oxygens (including phenoxy) is 1. The van der Waals surface area contributed by atoms with Crippen LogP contribution in [0.2, 0.25) is 0 Å². The number of ketones is 2. The van der Waals surface area contributed by atoms with Gasteiger partial charge in [-0.05, 0) is 31.7 Å². The van der Waals surface area contributed by atoms with Crippen molar-refractivity contribution in [2.75, 3.05) is 26.3 Å². The fourth-order valence-corrected chi connectivity index (χ4v) is 3.14. The molecule has 0 fully saturated rings. The van der Waals surface area contributed by atoms with E-state index in [1.165, 1.54) is 6.92 Å². The van der Waals surface area contributed by atoms with Crippen molar-refractivity contribution in [3.63, 3.8) is 0 Å². The van der Waals surface area contributed by atoms with Gasteiger partial charge in [0.25, 0.3) is 0 Å². The number of hydrogen-bond acceptors (Lipinski definition) is 7. The summed E-state index contributed by atoms with van der Waals surface area (Å²) >= 11 is 0. The predicted octanol–water partition coefficient (Wildman–Crippen LogP) is -2.47. The quantitative estimate of drug-likeness (QED) is 0.0915. The Morgan fingerprint density at radius 2 is 1.63 bits per heavy atom. The SMILES string of the molecule is CC(=O)CC(=O)Cc1ccc([N-]C(=O)CC(=O)[N-]CCOCCCC(=O)NCCCCCC=O)cc1.[HH].[Rb+].[Rb+]. The Morgan fingerprint density at radius 3 is 2.29 bits per heavy atom. The van der Waals surface area contributed by atoms with E-state index in [0.717, 1.165) is 25.5 Å². The van der Waals surface area contributed by atoms with Crippen molar-refractivity contribution in [2.45, 2.75) is 64.7 Å². The molecule has 0 saturated heterocycles. The number of amides is 3. The van der Waals surface area contributed by atoms with Gasteiger partial charge in [0.05, 0.1) is 18.2 Å². The standard InChI is InChI=1S/C26H37N3O7.2Rb.H2/c1-20(31)17-23(32)18-21-8-10-22(11-9-21)29-26(35)19-25(34)28-13-16-36-15-6-7-24(33)27-12-4-2-3-5-14-30;;;/h8-11,14H,2-7,12-13,15-19H2,1H3,(H3,27,28,29,33,34,35);;;1H/q;2*+1;/p-2. The second-order valence-corrected chi connectivity index (χ2v) is 8.30. The van der Waals surface area contributed by atoms with Gasteiger partial charge < -0.3 is 35.1 Å². The number of benzene rings is 1. The van der Waals surface area contributed by atoms with Crippen LogP contribution in [-0.4, -0.2) is 61.9 Å². The average Bonchev–Trinajstić information content (AvgIpc) is 2.81. The summed E-state index contributed by atoms with van der Waals surface area (Å²) in [5, 5.41) is 10.4. The first kappa shape index (κ1) is 40.3. The van der Waals surface area contributed by atoms with Crippen molar-refractivity contribution in [1.82, 2.24) is 5.32 Å². The van der Waals surface area contributed by atoms with Crippen LogP contribution >= 0.6 is 0 Å². The number of aldehydes is 1. The monoisotopic (exact) mass is 673 g/mol. The fraction of sp³-hybridized carbons (Fsp3) is 0.538. The molecule has 1 N–H and O–H groups in total. The first-order valence-corrected chi connectivity index (χ1v) is 12.1. The minimum Gasteiger partial charge on any atom is -0.651 e. The van der Waals surface area contributed by atoms with Gasteiger partial charge >= 0.3 is 116 Å². The van der Waals surface area contributed by atoms with E-state index in [1.54, 1.807) is 24.3 Å². The van der Waals surface area contributed by atoms with Crippen molar-refractivity contribution >= 4 is 41.3 Å². The number of carbonyl (C=O) groups is 6. The number of carbonyl (C=O) groups excluding carboxylic acids is 6. The molecule has 200 valence electrons. The first-order chi connectivity index (χ1) is 17.3. The zero-order chi connectivity index (χ0) is 26.6. The topological polar surface area (TPSA) is 152 Å². The number of unbranched alkanes of at least 4 members (excludes halogenated alkanes) is 3. The molecule has 0 atom stereocenters. The maximum atomic E-state index is 12.0. The van der Waals surface area contributed by atoms with E-state index in [0.29, 0.717) is 43.7 Å². The zero-order valence-electron chi connectivity index (χ0n) is 22.8. The van der Waals surface area contributed by atoms with Crippen molar-refractivity contribution < 1.29 is 151 Å². The largest absolute Gasteiger partial charge is 1.00 e. The summed E-state index contributed by atoms with van der Waals surface area (Å²) in [6.45, 7) is 2.64. The van der Waals surface area contributed by atoms with E-state index in [4.69, 9.17) is 4.74 Å². The maximum absolute atomic E-state index is 12.0. The Bertz CT molecular complexity index is 887. The van der Waals surface area contributed by atoms with E-state index < -0.39 is 18.2 Å². The van der Waals surface area contributed by atoms with Crippen LogP contribution in [0.15, 0.2) is 24.3 Å². The number of hydrogen-bond donors (Lipinski definition) is 1. The summed E-state index contributed by atoms with van der Waals surface area (Å²) in [5.74, 6) is -1.63. The van der Waals surface area contributed by atoms with Crippen LogP contribution in [-0.2, 0) is 39.9 Å². The van der Waals surface area contributed by atoms with Crippen LogP contribution in [0.4, 0.5) is 5.69 Å². The summed E-state index contributed by atoms with van der Waals surface area (Å²) in [4.78, 5) is 68.4. The van der Waals surface area contributed by atoms with Crippen LogP contribution in [0.25, 0.3) is 10.6 Å². The normalized spacial score (nSPS) is 9.82. The molecule has 0 aromatic heterocycles. The van der Waals surface area contributed by atoms with Gasteiger partial charge in [-0.1, -0.05) is 30.7 Å². The van der Waals surface area contributed by atoms with Gasteiger partial charge in [-0.2, -0.15) is 0 Å². The van der Waals surface area contributed by atoms with Crippen LogP contribution in [0.5, 0.6) is 0 Å². The Labute approximate surface area is 324 Å². The molecule has 0 heterocycles. The van der Waals surface area contributed by atoms with Gasteiger partial charge in [0.15, 0.2) is 0 Å². The van der Waals surface area contributed by atoms with E-state index in [9.17, 15) is 28.8 Å². The molecule has 0 aliphatic heterocycles. The van der Waals surface area contributed by atoms with Gasteiger partial charge in [0.2, 0.25) is 5.91 Å². The van der Waals surface area contributed by atoms with E-state index in [-0.39, 0.29) is 161 Å². The van der Waals surface area contributed by atoms with Gasteiger partial charge in [-0.3, -0.25) is 14.4 Å². The van der Waals surface area contributed by atoms with Crippen molar-refractivity contribution in [2.24, 2.45) is 0 Å². The molecule has 3 amide bonds. The van der Waals surface area contributed by atoms with Crippen LogP contribution < -0.4 is 122 Å². The molecule has 12 heteroatoms. The molecule has 0 spiro atoms. The zero-order valence-corrected chi connectivity index (χ0v) is 32.7. The number of nitrogens with zero attached hydrogens (tertiary/aromatic N) is 2. The summed E-state index contributed by atoms with van der Waals surface area (Å²) < 4.78 is 5.35. The van der Waals surface area contributed by atoms with Crippen LogP contribution in [0.3, 0.4) is 0 Å². The molecule has 0 saturated carbocycles. The van der Waals surface area contributed by atoms with Crippen molar-refractivity contribution in [3.8, 4) is 0 Å². The summed E-state index contributed by atoms with van der Waals surface area (Å²) in [7, 11) is 0. The predicted molar refractivity (Wildman–Crippen MR) is 136 cm³/mol. The van der Waals surface area contributed by atoms with E-state index in [2.05, 4.69) is 16.0 Å². The molecule has 1 rings (SSSR count). The third kappa shape index (κ3) is 23.0. The minimum absolute atomic E-state index is 0. The molecule has 0 radical (unpaired) electrons. The molecule has 10 nitrogen and oxygen atoms in total. The fourth-order valence-electron chi connectivity index (χ4n) is 3.14. The maximum Gasteiger partial charge on any atom is 1.00 e. The third-order valence-corrected chi connectivity index (χ3v) is 4.88. The molecule has 0 unspecified atom stereocenters. The van der Waals surface area contributed by atoms with Crippen molar-refractivity contribution in [1.29, 1.82) is 0 Å². The second kappa shape index (κ2) is 26.1. The number of nitrogens with one attached hydrogen (secondary N) is 1. The first-order valence-electron chi connectivity index (χ1n) is 12.1.